The van der Waals surface area contributed by atoms with E-state index in [1.807, 2.05) is 31.2 Å². The zero-order valence-electron chi connectivity index (χ0n) is 12.0. The molecule has 2 aromatic rings. The molecule has 0 saturated carbocycles. The van der Waals surface area contributed by atoms with Crippen molar-refractivity contribution < 1.29 is 4.74 Å². The zero-order valence-corrected chi connectivity index (χ0v) is 12.8. The summed E-state index contributed by atoms with van der Waals surface area (Å²) in [5.74, 6) is 0.900. The molecule has 0 aliphatic rings. The van der Waals surface area contributed by atoms with Crippen molar-refractivity contribution in [2.75, 3.05) is 6.61 Å². The van der Waals surface area contributed by atoms with Gasteiger partial charge in [0, 0.05) is 5.56 Å². The van der Waals surface area contributed by atoms with E-state index >= 15 is 0 Å². The van der Waals surface area contributed by atoms with Crippen molar-refractivity contribution >= 4 is 11.3 Å². The average molecular weight is 291 g/mol. The molecule has 0 aliphatic heterocycles. The number of unbranched alkanes of at least 4 members (excludes halogenated alkanes) is 1. The average Bonchev–Trinajstić information content (AvgIpc) is 2.97. The SMILES string of the molecule is CCCCOc1ccc(-c2nnc(C(N)CC)s2)cc1. The molecule has 1 aromatic carbocycles. The monoisotopic (exact) mass is 291 g/mol. The largest absolute Gasteiger partial charge is 0.494 e. The van der Waals surface area contributed by atoms with Gasteiger partial charge in [-0.3, -0.25) is 0 Å². The summed E-state index contributed by atoms with van der Waals surface area (Å²) in [5.41, 5.74) is 7.02. The number of hydrogen-bond acceptors (Lipinski definition) is 5. The van der Waals surface area contributed by atoms with Crippen LogP contribution in [0.4, 0.5) is 0 Å². The first kappa shape index (κ1) is 14.9. The molecule has 0 amide bonds. The van der Waals surface area contributed by atoms with Gasteiger partial charge in [-0.25, -0.2) is 0 Å². The Labute approximate surface area is 124 Å². The van der Waals surface area contributed by atoms with Crippen LogP contribution in [0, 0.1) is 0 Å². The molecule has 0 spiro atoms. The first-order valence-corrected chi connectivity index (χ1v) is 7.88. The molecule has 0 aliphatic carbocycles. The summed E-state index contributed by atoms with van der Waals surface area (Å²) in [6.45, 7) is 4.97. The summed E-state index contributed by atoms with van der Waals surface area (Å²) in [7, 11) is 0. The van der Waals surface area contributed by atoms with Crippen molar-refractivity contribution in [3.8, 4) is 16.3 Å². The second kappa shape index (κ2) is 7.36. The highest BCUT2D eigenvalue weighted by Crippen LogP contribution is 2.28. The molecule has 1 heterocycles. The third kappa shape index (κ3) is 3.77. The van der Waals surface area contributed by atoms with Gasteiger partial charge in [0.2, 0.25) is 0 Å². The third-order valence-electron chi connectivity index (χ3n) is 3.07. The molecule has 5 heteroatoms. The van der Waals surface area contributed by atoms with Gasteiger partial charge >= 0.3 is 0 Å². The smallest absolute Gasteiger partial charge is 0.147 e. The highest BCUT2D eigenvalue weighted by molar-refractivity contribution is 7.14. The van der Waals surface area contributed by atoms with Gasteiger partial charge in [0.1, 0.15) is 15.8 Å². The van der Waals surface area contributed by atoms with Gasteiger partial charge in [0.25, 0.3) is 0 Å². The van der Waals surface area contributed by atoms with Crippen molar-refractivity contribution in [3.05, 3.63) is 29.3 Å². The summed E-state index contributed by atoms with van der Waals surface area (Å²) in [4.78, 5) is 0. The number of nitrogens with two attached hydrogens (primary N) is 1. The van der Waals surface area contributed by atoms with Crippen LogP contribution in [0.3, 0.4) is 0 Å². The van der Waals surface area contributed by atoms with Crippen LogP contribution in [0.1, 0.15) is 44.2 Å². The van der Waals surface area contributed by atoms with Crippen LogP contribution in [0.5, 0.6) is 5.75 Å². The van der Waals surface area contributed by atoms with Crippen LogP contribution in [0.15, 0.2) is 24.3 Å². The van der Waals surface area contributed by atoms with Crippen molar-refractivity contribution in [2.45, 2.75) is 39.2 Å². The summed E-state index contributed by atoms with van der Waals surface area (Å²) < 4.78 is 5.65. The summed E-state index contributed by atoms with van der Waals surface area (Å²) in [6, 6.07) is 7.97. The van der Waals surface area contributed by atoms with Gasteiger partial charge in [0.15, 0.2) is 0 Å². The topological polar surface area (TPSA) is 61.0 Å². The van der Waals surface area contributed by atoms with E-state index in [0.717, 1.165) is 47.2 Å². The van der Waals surface area contributed by atoms with Crippen molar-refractivity contribution in [3.63, 3.8) is 0 Å². The van der Waals surface area contributed by atoms with Crippen LogP contribution in [-0.2, 0) is 0 Å². The third-order valence-corrected chi connectivity index (χ3v) is 4.17. The van der Waals surface area contributed by atoms with E-state index in [4.69, 9.17) is 10.5 Å². The maximum absolute atomic E-state index is 5.97. The van der Waals surface area contributed by atoms with Gasteiger partial charge in [-0.1, -0.05) is 31.6 Å². The summed E-state index contributed by atoms with van der Waals surface area (Å²) >= 11 is 1.56. The standard InChI is InChI=1S/C15H21N3OS/c1-3-5-10-19-12-8-6-11(7-9-12)14-17-18-15(20-14)13(16)4-2/h6-9,13H,3-5,10,16H2,1-2H3. The Bertz CT molecular complexity index is 524. The molecule has 1 aromatic heterocycles. The van der Waals surface area contributed by atoms with E-state index < -0.39 is 0 Å². The molecule has 2 N–H and O–H groups in total. The molecule has 1 atom stereocenters. The molecule has 0 saturated heterocycles. The molecule has 0 fully saturated rings. The lowest BCUT2D eigenvalue weighted by molar-refractivity contribution is 0.309. The van der Waals surface area contributed by atoms with E-state index in [0.29, 0.717) is 0 Å². The van der Waals surface area contributed by atoms with Gasteiger partial charge in [-0.2, -0.15) is 0 Å². The minimum absolute atomic E-state index is 0.0158. The van der Waals surface area contributed by atoms with E-state index in [2.05, 4.69) is 17.1 Å². The molecule has 20 heavy (non-hydrogen) atoms. The lowest BCUT2D eigenvalue weighted by Gasteiger charge is -2.05. The fourth-order valence-electron chi connectivity index (χ4n) is 1.70. The summed E-state index contributed by atoms with van der Waals surface area (Å²) in [6.07, 6.45) is 3.10. The number of benzene rings is 1. The Balaban J connectivity index is 2.04. The number of ether oxygens (including phenoxy) is 1. The minimum Gasteiger partial charge on any atom is -0.494 e. The Morgan fingerprint density at radius 1 is 1.20 bits per heavy atom. The lowest BCUT2D eigenvalue weighted by atomic mass is 10.2. The molecule has 2 rings (SSSR count). The Morgan fingerprint density at radius 3 is 2.60 bits per heavy atom. The quantitative estimate of drug-likeness (QED) is 0.788. The fraction of sp³-hybridized carbons (Fsp3) is 0.467. The van der Waals surface area contributed by atoms with Crippen molar-refractivity contribution in [1.82, 2.24) is 10.2 Å². The Kier molecular flexibility index (Phi) is 5.49. The van der Waals surface area contributed by atoms with Crippen LogP contribution < -0.4 is 10.5 Å². The van der Waals surface area contributed by atoms with Gasteiger partial charge in [-0.15, -0.1) is 10.2 Å². The van der Waals surface area contributed by atoms with Crippen molar-refractivity contribution in [2.24, 2.45) is 5.73 Å². The number of hydrogen-bond donors (Lipinski definition) is 1. The number of rotatable bonds is 7. The first-order valence-electron chi connectivity index (χ1n) is 7.06. The molecular formula is C15H21N3OS. The Morgan fingerprint density at radius 2 is 1.95 bits per heavy atom. The maximum atomic E-state index is 5.97. The molecule has 4 nitrogen and oxygen atoms in total. The summed E-state index contributed by atoms with van der Waals surface area (Å²) in [5, 5.41) is 10.2. The molecular weight excluding hydrogens is 270 g/mol. The molecule has 0 bridgehead atoms. The normalized spacial score (nSPS) is 12.3. The molecule has 108 valence electrons. The van der Waals surface area contributed by atoms with Gasteiger partial charge in [0.05, 0.1) is 12.6 Å². The zero-order chi connectivity index (χ0) is 14.4. The van der Waals surface area contributed by atoms with Gasteiger partial charge in [-0.05, 0) is 37.1 Å². The highest BCUT2D eigenvalue weighted by atomic mass is 32.1. The predicted octanol–water partition coefficient (Wildman–Crippen LogP) is 3.79. The van der Waals surface area contributed by atoms with Crippen LogP contribution in [0.2, 0.25) is 0 Å². The second-order valence-electron chi connectivity index (χ2n) is 4.69. The van der Waals surface area contributed by atoms with E-state index in [1.54, 1.807) is 11.3 Å². The van der Waals surface area contributed by atoms with E-state index in [9.17, 15) is 0 Å². The fourth-order valence-corrected chi connectivity index (χ4v) is 2.64. The minimum atomic E-state index is -0.0158. The maximum Gasteiger partial charge on any atom is 0.147 e. The van der Waals surface area contributed by atoms with Gasteiger partial charge < -0.3 is 10.5 Å². The lowest BCUT2D eigenvalue weighted by Crippen LogP contribution is -2.07. The Hall–Kier alpha value is -1.46. The second-order valence-corrected chi connectivity index (χ2v) is 5.70. The number of nitrogens with zero attached hydrogens (tertiary/aromatic N) is 2. The number of aromatic nitrogens is 2. The molecule has 1 unspecified atom stereocenters. The van der Waals surface area contributed by atoms with Crippen LogP contribution >= 0.6 is 11.3 Å². The first-order chi connectivity index (χ1) is 9.74. The van der Waals surface area contributed by atoms with Crippen LogP contribution in [-0.4, -0.2) is 16.8 Å². The van der Waals surface area contributed by atoms with Crippen LogP contribution in [0.25, 0.3) is 10.6 Å². The predicted molar refractivity (Wildman–Crippen MR) is 83.0 cm³/mol. The van der Waals surface area contributed by atoms with E-state index in [1.165, 1.54) is 0 Å². The molecule has 0 radical (unpaired) electrons. The van der Waals surface area contributed by atoms with Crippen molar-refractivity contribution in [1.29, 1.82) is 0 Å². The van der Waals surface area contributed by atoms with E-state index in [-0.39, 0.29) is 6.04 Å². The highest BCUT2D eigenvalue weighted by Gasteiger charge is 2.11.